The van der Waals surface area contributed by atoms with Crippen molar-refractivity contribution >= 4 is 11.9 Å². The third-order valence-corrected chi connectivity index (χ3v) is 5.62. The summed E-state index contributed by atoms with van der Waals surface area (Å²) in [5.41, 5.74) is 1.90. The number of amides is 1. The van der Waals surface area contributed by atoms with Crippen molar-refractivity contribution in [3.05, 3.63) is 59.8 Å². The number of anilines is 1. The van der Waals surface area contributed by atoms with Crippen LogP contribution in [-0.4, -0.2) is 34.7 Å². The van der Waals surface area contributed by atoms with Crippen molar-refractivity contribution in [1.82, 2.24) is 9.88 Å². The van der Waals surface area contributed by atoms with E-state index in [0.717, 1.165) is 43.7 Å². The Morgan fingerprint density at radius 1 is 1.16 bits per heavy atom. The predicted octanol–water partition coefficient (Wildman–Crippen LogP) is 6.35. The van der Waals surface area contributed by atoms with Crippen LogP contribution in [0, 0.1) is 0 Å². The highest BCUT2D eigenvalue weighted by Crippen LogP contribution is 2.37. The second-order valence-corrected chi connectivity index (χ2v) is 9.37. The third-order valence-electron chi connectivity index (χ3n) is 5.62. The fourth-order valence-electron chi connectivity index (χ4n) is 4.16. The summed E-state index contributed by atoms with van der Waals surface area (Å²) >= 11 is 0. The van der Waals surface area contributed by atoms with Gasteiger partial charge in [0.25, 0.3) is 0 Å². The van der Waals surface area contributed by atoms with Crippen LogP contribution in [0.4, 0.5) is 10.6 Å². The second-order valence-electron chi connectivity index (χ2n) is 9.37. The van der Waals surface area contributed by atoms with Gasteiger partial charge in [-0.3, -0.25) is 9.80 Å². The van der Waals surface area contributed by atoms with Gasteiger partial charge >= 0.3 is 6.09 Å². The molecule has 0 saturated carbocycles. The van der Waals surface area contributed by atoms with Crippen LogP contribution in [0.25, 0.3) is 0 Å². The van der Waals surface area contributed by atoms with E-state index >= 15 is 0 Å². The van der Waals surface area contributed by atoms with Gasteiger partial charge in [-0.15, -0.1) is 0 Å². The Bertz CT molecular complexity index is 832. The Kier molecular flexibility index (Phi) is 8.08. The molecule has 5 heteroatoms. The van der Waals surface area contributed by atoms with E-state index in [1.807, 2.05) is 26.8 Å². The molecule has 5 nitrogen and oxygen atoms in total. The zero-order valence-corrected chi connectivity index (χ0v) is 19.5. The number of hydrogen-bond donors (Lipinski definition) is 0. The van der Waals surface area contributed by atoms with E-state index in [2.05, 4.69) is 48.2 Å². The Balaban J connectivity index is 1.92. The number of piperidine rings is 1. The summed E-state index contributed by atoms with van der Waals surface area (Å²) in [5.74, 6) is 0.746. The summed E-state index contributed by atoms with van der Waals surface area (Å²) in [6.07, 6.45) is 6.84. The molecule has 1 fully saturated rings. The van der Waals surface area contributed by atoms with E-state index in [9.17, 15) is 4.79 Å². The van der Waals surface area contributed by atoms with E-state index in [1.165, 1.54) is 18.4 Å². The van der Waals surface area contributed by atoms with Gasteiger partial charge in [-0.1, -0.05) is 56.2 Å². The summed E-state index contributed by atoms with van der Waals surface area (Å²) in [5, 5.41) is 0. The number of likely N-dealkylation sites (tertiary alicyclic amines) is 1. The normalized spacial score (nSPS) is 17.4. The van der Waals surface area contributed by atoms with Gasteiger partial charge in [0.2, 0.25) is 0 Å². The fraction of sp³-hybridized carbons (Fsp3) is 0.538. The predicted molar refractivity (Wildman–Crippen MR) is 126 cm³/mol. The van der Waals surface area contributed by atoms with Crippen LogP contribution >= 0.6 is 0 Å². The second kappa shape index (κ2) is 10.8. The Hall–Kier alpha value is -2.40. The van der Waals surface area contributed by atoms with E-state index in [-0.39, 0.29) is 12.1 Å². The molecule has 3 rings (SSSR count). The van der Waals surface area contributed by atoms with E-state index in [0.29, 0.717) is 6.54 Å². The van der Waals surface area contributed by atoms with Gasteiger partial charge in [-0.2, -0.15) is 0 Å². The number of pyridine rings is 1. The minimum absolute atomic E-state index is 0.240. The highest BCUT2D eigenvalue weighted by atomic mass is 16.6. The maximum Gasteiger partial charge on any atom is 0.416 e. The van der Waals surface area contributed by atoms with Crippen LogP contribution < -0.4 is 4.90 Å². The largest absolute Gasteiger partial charge is 0.443 e. The monoisotopic (exact) mass is 423 g/mol. The number of nitrogens with zero attached hydrogens (tertiary/aromatic N) is 3. The molecular weight excluding hydrogens is 386 g/mol. The maximum atomic E-state index is 13.1. The highest BCUT2D eigenvalue weighted by molar-refractivity contribution is 5.87. The lowest BCUT2D eigenvalue weighted by atomic mass is 9.94. The number of benzene rings is 1. The molecule has 0 N–H and O–H groups in total. The minimum atomic E-state index is -0.541. The van der Waals surface area contributed by atoms with E-state index in [4.69, 9.17) is 9.72 Å². The summed E-state index contributed by atoms with van der Waals surface area (Å²) in [6, 6.07) is 15.0. The van der Waals surface area contributed by atoms with Crippen LogP contribution in [0.5, 0.6) is 0 Å². The van der Waals surface area contributed by atoms with Crippen LogP contribution in [0.2, 0.25) is 0 Å². The molecule has 1 aromatic carbocycles. The first-order valence-corrected chi connectivity index (χ1v) is 11.6. The molecule has 1 unspecified atom stereocenters. The first kappa shape index (κ1) is 23.3. The molecule has 168 valence electrons. The molecule has 0 spiro atoms. The van der Waals surface area contributed by atoms with Crippen molar-refractivity contribution in [2.24, 2.45) is 0 Å². The molecule has 2 heterocycles. The quantitative estimate of drug-likeness (QED) is 0.520. The molecule has 0 bridgehead atoms. The van der Waals surface area contributed by atoms with Crippen molar-refractivity contribution < 1.29 is 9.53 Å². The van der Waals surface area contributed by atoms with Crippen molar-refractivity contribution in [1.29, 1.82) is 0 Å². The van der Waals surface area contributed by atoms with Crippen molar-refractivity contribution in [3.8, 4) is 0 Å². The summed E-state index contributed by atoms with van der Waals surface area (Å²) < 4.78 is 5.75. The SMILES string of the molecule is CCCCN(C(=O)OC(C)(C)C)c1ncccc1C1CCCCN1Cc1ccccc1. The van der Waals surface area contributed by atoms with Gasteiger partial charge in [-0.25, -0.2) is 9.78 Å². The topological polar surface area (TPSA) is 45.7 Å². The number of ether oxygens (including phenoxy) is 1. The summed E-state index contributed by atoms with van der Waals surface area (Å²) in [6.45, 7) is 10.4. The lowest BCUT2D eigenvalue weighted by molar-refractivity contribution is 0.0577. The number of unbranched alkanes of at least 4 members (excludes halogenated alkanes) is 1. The molecule has 1 saturated heterocycles. The number of aromatic nitrogens is 1. The first-order valence-electron chi connectivity index (χ1n) is 11.6. The highest BCUT2D eigenvalue weighted by Gasteiger charge is 2.31. The summed E-state index contributed by atoms with van der Waals surface area (Å²) in [7, 11) is 0. The summed E-state index contributed by atoms with van der Waals surface area (Å²) in [4.78, 5) is 22.1. The molecular formula is C26H37N3O2. The standard InChI is InChI=1S/C26H37N3O2/c1-5-6-19-29(25(30)31-26(2,3)4)24-22(15-12-17-27-24)23-16-10-11-18-28(23)20-21-13-8-7-9-14-21/h7-9,12-15,17,23H,5-6,10-11,16,18-20H2,1-4H3. The van der Waals surface area contributed by atoms with E-state index < -0.39 is 5.60 Å². The van der Waals surface area contributed by atoms with Gasteiger partial charge in [0.15, 0.2) is 0 Å². The van der Waals surface area contributed by atoms with Crippen LogP contribution in [0.3, 0.4) is 0 Å². The van der Waals surface area contributed by atoms with Crippen molar-refractivity contribution in [2.45, 2.75) is 78.0 Å². The molecule has 2 aromatic rings. The molecule has 1 atom stereocenters. The fourth-order valence-corrected chi connectivity index (χ4v) is 4.16. The van der Waals surface area contributed by atoms with Gasteiger partial charge in [0.05, 0.1) is 0 Å². The zero-order valence-electron chi connectivity index (χ0n) is 19.5. The average Bonchev–Trinajstić information content (AvgIpc) is 2.74. The minimum Gasteiger partial charge on any atom is -0.443 e. The van der Waals surface area contributed by atoms with E-state index in [1.54, 1.807) is 11.1 Å². The van der Waals surface area contributed by atoms with Crippen molar-refractivity contribution in [3.63, 3.8) is 0 Å². The lowest BCUT2D eigenvalue weighted by Crippen LogP contribution is -2.40. The van der Waals surface area contributed by atoms with Crippen LogP contribution in [-0.2, 0) is 11.3 Å². The molecule has 1 aliphatic rings. The zero-order chi connectivity index (χ0) is 22.3. The number of carbonyl (C=O) groups is 1. The van der Waals surface area contributed by atoms with Gasteiger partial charge in [-0.05, 0) is 58.2 Å². The van der Waals surface area contributed by atoms with Gasteiger partial charge in [0, 0.05) is 30.9 Å². The smallest absolute Gasteiger partial charge is 0.416 e. The maximum absolute atomic E-state index is 13.1. The van der Waals surface area contributed by atoms with Crippen LogP contribution in [0.1, 0.15) is 77.0 Å². The number of carbonyl (C=O) groups excluding carboxylic acids is 1. The molecule has 31 heavy (non-hydrogen) atoms. The van der Waals surface area contributed by atoms with Gasteiger partial charge < -0.3 is 4.74 Å². The molecule has 0 radical (unpaired) electrons. The number of rotatable bonds is 7. The Morgan fingerprint density at radius 3 is 2.65 bits per heavy atom. The van der Waals surface area contributed by atoms with Gasteiger partial charge in [0.1, 0.15) is 11.4 Å². The molecule has 1 amide bonds. The third kappa shape index (κ3) is 6.54. The molecule has 0 aliphatic carbocycles. The Morgan fingerprint density at radius 2 is 1.94 bits per heavy atom. The average molecular weight is 424 g/mol. The first-order chi connectivity index (χ1) is 14.9. The lowest BCUT2D eigenvalue weighted by Gasteiger charge is -2.38. The molecule has 1 aliphatic heterocycles. The number of hydrogen-bond acceptors (Lipinski definition) is 4. The van der Waals surface area contributed by atoms with Crippen molar-refractivity contribution in [2.75, 3.05) is 18.0 Å². The Labute approximate surface area is 187 Å². The van der Waals surface area contributed by atoms with Crippen LogP contribution in [0.15, 0.2) is 48.7 Å². The molecule has 1 aromatic heterocycles.